The molecule has 42 heavy (non-hydrogen) atoms. The molecule has 4 heteroatoms. The van der Waals surface area contributed by atoms with E-state index in [0.29, 0.717) is 12.8 Å². The second-order valence-electron chi connectivity index (χ2n) is 12.4. The van der Waals surface area contributed by atoms with Gasteiger partial charge in [-0.3, -0.25) is 9.59 Å². The quantitative estimate of drug-likeness (QED) is 0.0469. The molecule has 1 unspecified atom stereocenters. The van der Waals surface area contributed by atoms with Crippen molar-refractivity contribution < 1.29 is 19.4 Å². The Kier molecular flexibility index (Phi) is 32.6. The smallest absolute Gasteiger partial charge is 0.306 e. The summed E-state index contributed by atoms with van der Waals surface area (Å²) in [6.07, 6.45) is 41.8. The molecule has 1 atom stereocenters. The van der Waals surface area contributed by atoms with Crippen LogP contribution in [0.2, 0.25) is 0 Å². The fourth-order valence-electron chi connectivity index (χ4n) is 5.45. The van der Waals surface area contributed by atoms with Crippen molar-refractivity contribution >= 4 is 11.9 Å². The summed E-state index contributed by atoms with van der Waals surface area (Å²) in [6, 6.07) is 0. The molecule has 0 aliphatic rings. The first-order chi connectivity index (χ1) is 20.6. The lowest BCUT2D eigenvalue weighted by atomic mass is 10.0. The van der Waals surface area contributed by atoms with E-state index in [-0.39, 0.29) is 18.5 Å². The van der Waals surface area contributed by atoms with Crippen molar-refractivity contribution in [3.05, 3.63) is 24.3 Å². The zero-order valence-electron chi connectivity index (χ0n) is 28.1. The molecule has 4 nitrogen and oxygen atoms in total. The van der Waals surface area contributed by atoms with Crippen LogP contribution >= 0.6 is 0 Å². The zero-order chi connectivity index (χ0) is 30.8. The van der Waals surface area contributed by atoms with Crippen LogP contribution in [0, 0.1) is 0 Å². The van der Waals surface area contributed by atoms with E-state index in [1.165, 1.54) is 116 Å². The van der Waals surface area contributed by atoms with Gasteiger partial charge in [-0.15, -0.1) is 0 Å². The van der Waals surface area contributed by atoms with E-state index in [9.17, 15) is 9.59 Å². The topological polar surface area (TPSA) is 63.6 Å². The molecular formula is C38H70O4. The third-order valence-electron chi connectivity index (χ3n) is 8.18. The van der Waals surface area contributed by atoms with Gasteiger partial charge in [0.2, 0.25) is 0 Å². The SMILES string of the molecule is CCCCC/C=C\C/C=C\CCCCCCCCCC(=O)OC(CCCCCCCCCCC)CCCCCC(=O)O. The number of hydrogen-bond acceptors (Lipinski definition) is 3. The van der Waals surface area contributed by atoms with Gasteiger partial charge in [0.25, 0.3) is 0 Å². The average molecular weight is 591 g/mol. The summed E-state index contributed by atoms with van der Waals surface area (Å²) in [7, 11) is 0. The van der Waals surface area contributed by atoms with Gasteiger partial charge in [0.05, 0.1) is 0 Å². The highest BCUT2D eigenvalue weighted by Crippen LogP contribution is 2.18. The molecule has 0 aromatic rings. The summed E-state index contributed by atoms with van der Waals surface area (Å²) < 4.78 is 5.91. The van der Waals surface area contributed by atoms with Gasteiger partial charge in [0.15, 0.2) is 0 Å². The van der Waals surface area contributed by atoms with Gasteiger partial charge in [0.1, 0.15) is 6.10 Å². The summed E-state index contributed by atoms with van der Waals surface area (Å²) >= 11 is 0. The first-order valence-corrected chi connectivity index (χ1v) is 18.3. The molecular weight excluding hydrogens is 520 g/mol. The molecule has 1 N–H and O–H groups in total. The molecule has 0 amide bonds. The van der Waals surface area contributed by atoms with Crippen LogP contribution in [0.25, 0.3) is 0 Å². The fraction of sp³-hybridized carbons (Fsp3) is 0.842. The normalized spacial score (nSPS) is 12.4. The minimum Gasteiger partial charge on any atom is -0.481 e. The van der Waals surface area contributed by atoms with Gasteiger partial charge in [-0.05, 0) is 70.6 Å². The molecule has 246 valence electrons. The van der Waals surface area contributed by atoms with Crippen molar-refractivity contribution in [3.8, 4) is 0 Å². The number of carbonyl (C=O) groups is 2. The number of rotatable bonds is 33. The molecule has 0 saturated carbocycles. The maximum absolute atomic E-state index is 12.5. The number of ether oxygens (including phenoxy) is 1. The van der Waals surface area contributed by atoms with E-state index in [2.05, 4.69) is 38.2 Å². The van der Waals surface area contributed by atoms with Crippen LogP contribution in [0.4, 0.5) is 0 Å². The molecule has 0 aromatic carbocycles. The monoisotopic (exact) mass is 591 g/mol. The van der Waals surface area contributed by atoms with E-state index < -0.39 is 5.97 Å². The molecule has 0 spiro atoms. The van der Waals surface area contributed by atoms with Gasteiger partial charge in [-0.2, -0.15) is 0 Å². The van der Waals surface area contributed by atoms with E-state index in [1.807, 2.05) is 0 Å². The van der Waals surface area contributed by atoms with E-state index in [4.69, 9.17) is 9.84 Å². The standard InChI is InChI=1S/C38H70O4/c1-3-5-7-9-11-13-14-15-16-17-18-19-20-22-24-26-31-35-38(41)42-36(33-29-27-30-34-37(39)40)32-28-25-23-21-12-10-8-6-4-2/h11,13,15-16,36H,3-10,12,14,17-35H2,1-2H3,(H,39,40)/b13-11-,16-15-. The lowest BCUT2D eigenvalue weighted by Gasteiger charge is -2.18. The predicted octanol–water partition coefficient (Wildman–Crippen LogP) is 12.4. The minimum absolute atomic E-state index is 0.00255. The van der Waals surface area contributed by atoms with E-state index >= 15 is 0 Å². The van der Waals surface area contributed by atoms with Crippen LogP contribution < -0.4 is 0 Å². The number of carbonyl (C=O) groups excluding carboxylic acids is 1. The minimum atomic E-state index is -0.725. The molecule has 0 rings (SSSR count). The summed E-state index contributed by atoms with van der Waals surface area (Å²) in [5, 5.41) is 8.86. The molecule has 0 aliphatic carbocycles. The molecule has 0 fully saturated rings. The highest BCUT2D eigenvalue weighted by Gasteiger charge is 2.14. The number of unbranched alkanes of at least 4 members (excludes halogenated alkanes) is 20. The third-order valence-corrected chi connectivity index (χ3v) is 8.18. The number of hydrogen-bond donors (Lipinski definition) is 1. The molecule has 0 radical (unpaired) electrons. The van der Waals surface area contributed by atoms with Gasteiger partial charge in [0, 0.05) is 12.8 Å². The maximum atomic E-state index is 12.5. The van der Waals surface area contributed by atoms with Crippen molar-refractivity contribution in [1.82, 2.24) is 0 Å². The highest BCUT2D eigenvalue weighted by molar-refractivity contribution is 5.69. The van der Waals surface area contributed by atoms with Crippen LogP contribution in [0.3, 0.4) is 0 Å². The summed E-state index contributed by atoms with van der Waals surface area (Å²) in [6.45, 7) is 4.51. The Morgan fingerprint density at radius 1 is 0.524 bits per heavy atom. The highest BCUT2D eigenvalue weighted by atomic mass is 16.5. The lowest BCUT2D eigenvalue weighted by molar-refractivity contribution is -0.150. The van der Waals surface area contributed by atoms with Crippen LogP contribution in [0.5, 0.6) is 0 Å². The van der Waals surface area contributed by atoms with Crippen molar-refractivity contribution in [2.75, 3.05) is 0 Å². The molecule has 0 saturated heterocycles. The number of esters is 1. The Bertz CT molecular complexity index is 639. The number of aliphatic carboxylic acids is 1. The van der Waals surface area contributed by atoms with Crippen LogP contribution in [-0.4, -0.2) is 23.1 Å². The second-order valence-corrected chi connectivity index (χ2v) is 12.4. The van der Waals surface area contributed by atoms with Gasteiger partial charge >= 0.3 is 11.9 Å². The maximum Gasteiger partial charge on any atom is 0.306 e. The number of allylic oxidation sites excluding steroid dienone is 4. The Labute approximate surface area is 261 Å². The van der Waals surface area contributed by atoms with Gasteiger partial charge < -0.3 is 9.84 Å². The lowest BCUT2D eigenvalue weighted by Crippen LogP contribution is -2.18. The largest absolute Gasteiger partial charge is 0.481 e. The van der Waals surface area contributed by atoms with Crippen LogP contribution in [0.1, 0.15) is 200 Å². The second kappa shape index (κ2) is 33.9. The third kappa shape index (κ3) is 32.9. The molecule has 0 bridgehead atoms. The Morgan fingerprint density at radius 3 is 1.48 bits per heavy atom. The molecule has 0 heterocycles. The van der Waals surface area contributed by atoms with Crippen molar-refractivity contribution in [3.63, 3.8) is 0 Å². The van der Waals surface area contributed by atoms with Crippen molar-refractivity contribution in [2.45, 2.75) is 206 Å². The van der Waals surface area contributed by atoms with E-state index in [0.717, 1.165) is 51.4 Å². The molecule has 0 aromatic heterocycles. The zero-order valence-corrected chi connectivity index (χ0v) is 28.1. The van der Waals surface area contributed by atoms with Gasteiger partial charge in [-0.1, -0.05) is 141 Å². The first-order valence-electron chi connectivity index (χ1n) is 18.3. The summed E-state index contributed by atoms with van der Waals surface area (Å²) in [4.78, 5) is 23.3. The summed E-state index contributed by atoms with van der Waals surface area (Å²) in [5.41, 5.74) is 0. The summed E-state index contributed by atoms with van der Waals surface area (Å²) in [5.74, 6) is -0.763. The number of carboxylic acid groups (broad SMARTS) is 1. The van der Waals surface area contributed by atoms with Gasteiger partial charge in [-0.25, -0.2) is 0 Å². The first kappa shape index (κ1) is 40.4. The Balaban J connectivity index is 3.91. The fourth-order valence-corrected chi connectivity index (χ4v) is 5.45. The van der Waals surface area contributed by atoms with Crippen molar-refractivity contribution in [2.24, 2.45) is 0 Å². The van der Waals surface area contributed by atoms with Crippen LogP contribution in [0.15, 0.2) is 24.3 Å². The van der Waals surface area contributed by atoms with Crippen molar-refractivity contribution in [1.29, 1.82) is 0 Å². The Morgan fingerprint density at radius 2 is 0.929 bits per heavy atom. The number of carboxylic acids is 1. The Hall–Kier alpha value is -1.58. The predicted molar refractivity (Wildman–Crippen MR) is 181 cm³/mol. The average Bonchev–Trinajstić information content (AvgIpc) is 2.97. The van der Waals surface area contributed by atoms with Crippen LogP contribution in [-0.2, 0) is 14.3 Å². The molecule has 0 aliphatic heterocycles. The van der Waals surface area contributed by atoms with E-state index in [1.54, 1.807) is 0 Å².